The Morgan fingerprint density at radius 1 is 1.24 bits per heavy atom. The zero-order chi connectivity index (χ0) is 12.7. The molecule has 17 heavy (non-hydrogen) atoms. The van der Waals surface area contributed by atoms with E-state index in [0.29, 0.717) is 12.2 Å². The third-order valence-corrected chi connectivity index (χ3v) is 2.67. The van der Waals surface area contributed by atoms with Crippen molar-refractivity contribution >= 4 is 0 Å². The topological polar surface area (TPSA) is 21.3 Å². The van der Waals surface area contributed by atoms with E-state index in [0.717, 1.165) is 12.1 Å². The summed E-state index contributed by atoms with van der Waals surface area (Å²) in [5, 5.41) is 3.20. The summed E-state index contributed by atoms with van der Waals surface area (Å²) in [6.07, 6.45) is -4.62. The van der Waals surface area contributed by atoms with Crippen molar-refractivity contribution in [3.8, 4) is 0 Å². The maximum Gasteiger partial charge on any atom is 0.416 e. The van der Waals surface area contributed by atoms with Crippen LogP contribution < -0.4 is 5.32 Å². The first kappa shape index (κ1) is 12.4. The van der Waals surface area contributed by atoms with E-state index < -0.39 is 11.7 Å². The second-order valence-electron chi connectivity index (χ2n) is 4.84. The van der Waals surface area contributed by atoms with Crippen LogP contribution in [0.3, 0.4) is 0 Å². The van der Waals surface area contributed by atoms with E-state index >= 15 is 0 Å². The molecule has 5 heteroatoms. The molecule has 1 aromatic carbocycles. The van der Waals surface area contributed by atoms with E-state index in [9.17, 15) is 13.2 Å². The molecular weight excluding hydrogens is 231 g/mol. The first-order valence-electron chi connectivity index (χ1n) is 5.34. The van der Waals surface area contributed by atoms with Gasteiger partial charge in [0, 0.05) is 5.54 Å². The number of halogens is 3. The Morgan fingerprint density at radius 2 is 1.82 bits per heavy atom. The van der Waals surface area contributed by atoms with Gasteiger partial charge in [-0.05, 0) is 31.5 Å². The maximum absolute atomic E-state index is 12.4. The molecule has 1 aromatic rings. The SMILES string of the molecule is CC1(C)COC(c2ccc(C(F)(F)F)cc2)N1. The Hall–Kier alpha value is -1.07. The van der Waals surface area contributed by atoms with Gasteiger partial charge in [-0.25, -0.2) is 0 Å². The molecule has 2 nitrogen and oxygen atoms in total. The molecule has 1 heterocycles. The summed E-state index contributed by atoms with van der Waals surface area (Å²) in [5.74, 6) is 0. The summed E-state index contributed by atoms with van der Waals surface area (Å²) < 4.78 is 42.6. The summed E-state index contributed by atoms with van der Waals surface area (Å²) in [5.41, 5.74) is -0.0741. The van der Waals surface area contributed by atoms with Crippen LogP contribution in [0.25, 0.3) is 0 Å². The maximum atomic E-state index is 12.4. The van der Waals surface area contributed by atoms with E-state index in [1.165, 1.54) is 12.1 Å². The van der Waals surface area contributed by atoms with E-state index in [1.54, 1.807) is 0 Å². The largest absolute Gasteiger partial charge is 0.416 e. The number of hydrogen-bond donors (Lipinski definition) is 1. The minimum Gasteiger partial charge on any atom is -0.357 e. The van der Waals surface area contributed by atoms with Crippen molar-refractivity contribution in [3.05, 3.63) is 35.4 Å². The fourth-order valence-corrected chi connectivity index (χ4v) is 1.76. The fraction of sp³-hybridized carbons (Fsp3) is 0.500. The molecule has 0 aliphatic carbocycles. The lowest BCUT2D eigenvalue weighted by Gasteiger charge is -2.17. The van der Waals surface area contributed by atoms with Crippen LogP contribution in [0.2, 0.25) is 0 Å². The number of benzene rings is 1. The highest BCUT2D eigenvalue weighted by Crippen LogP contribution is 2.31. The normalized spacial score (nSPS) is 23.9. The first-order valence-corrected chi connectivity index (χ1v) is 5.34. The minimum absolute atomic E-state index is 0.145. The van der Waals surface area contributed by atoms with E-state index in [4.69, 9.17) is 4.74 Å². The zero-order valence-electron chi connectivity index (χ0n) is 9.64. The molecule has 0 radical (unpaired) electrons. The van der Waals surface area contributed by atoms with Crippen LogP contribution in [0.1, 0.15) is 31.2 Å². The van der Waals surface area contributed by atoms with Crippen molar-refractivity contribution in [2.45, 2.75) is 31.8 Å². The van der Waals surface area contributed by atoms with Gasteiger partial charge in [0.25, 0.3) is 0 Å². The predicted octanol–water partition coefficient (Wildman–Crippen LogP) is 3.10. The van der Waals surface area contributed by atoms with Crippen LogP contribution in [0.5, 0.6) is 0 Å². The summed E-state index contributed by atoms with van der Waals surface area (Å²) in [4.78, 5) is 0. The molecule has 1 fully saturated rings. The molecule has 0 saturated carbocycles. The quantitative estimate of drug-likeness (QED) is 0.820. The van der Waals surface area contributed by atoms with E-state index in [-0.39, 0.29) is 11.8 Å². The molecule has 1 atom stereocenters. The van der Waals surface area contributed by atoms with Crippen molar-refractivity contribution in [3.63, 3.8) is 0 Å². The minimum atomic E-state index is -4.29. The zero-order valence-corrected chi connectivity index (χ0v) is 9.64. The van der Waals surface area contributed by atoms with Gasteiger partial charge >= 0.3 is 6.18 Å². The van der Waals surface area contributed by atoms with Crippen LogP contribution in [-0.4, -0.2) is 12.1 Å². The van der Waals surface area contributed by atoms with Gasteiger partial charge < -0.3 is 4.74 Å². The van der Waals surface area contributed by atoms with Crippen LogP contribution >= 0.6 is 0 Å². The third-order valence-electron chi connectivity index (χ3n) is 2.67. The third kappa shape index (κ3) is 2.79. The lowest BCUT2D eigenvalue weighted by atomic mass is 10.1. The highest BCUT2D eigenvalue weighted by atomic mass is 19.4. The van der Waals surface area contributed by atoms with Gasteiger partial charge in [0.05, 0.1) is 12.2 Å². The molecule has 2 rings (SSSR count). The first-order chi connectivity index (χ1) is 7.78. The molecule has 1 saturated heterocycles. The molecule has 0 spiro atoms. The number of ether oxygens (including phenoxy) is 1. The van der Waals surface area contributed by atoms with Crippen molar-refractivity contribution in [2.75, 3.05) is 6.61 Å². The van der Waals surface area contributed by atoms with E-state index in [1.807, 2.05) is 13.8 Å². The van der Waals surface area contributed by atoms with Gasteiger partial charge in [-0.1, -0.05) is 12.1 Å². The average Bonchev–Trinajstić information content (AvgIpc) is 2.58. The Kier molecular flexibility index (Phi) is 2.91. The monoisotopic (exact) mass is 245 g/mol. The van der Waals surface area contributed by atoms with Gasteiger partial charge in [-0.2, -0.15) is 13.2 Å². The lowest BCUT2D eigenvalue weighted by molar-refractivity contribution is -0.137. The summed E-state index contributed by atoms with van der Waals surface area (Å²) in [6.45, 7) is 4.51. The van der Waals surface area contributed by atoms with Crippen LogP contribution in [0.4, 0.5) is 13.2 Å². The lowest BCUT2D eigenvalue weighted by Crippen LogP contribution is -2.35. The molecule has 94 valence electrons. The summed E-state index contributed by atoms with van der Waals surface area (Å²) in [7, 11) is 0. The standard InChI is InChI=1S/C12H14F3NO/c1-11(2)7-17-10(16-11)8-3-5-9(6-4-8)12(13,14)15/h3-6,10,16H,7H2,1-2H3. The van der Waals surface area contributed by atoms with Crippen LogP contribution in [0.15, 0.2) is 24.3 Å². The van der Waals surface area contributed by atoms with Gasteiger partial charge in [0.1, 0.15) is 6.23 Å². The molecule has 0 aromatic heterocycles. The van der Waals surface area contributed by atoms with Gasteiger partial charge in [0.15, 0.2) is 0 Å². The Labute approximate surface area is 97.8 Å². The van der Waals surface area contributed by atoms with Crippen molar-refractivity contribution in [2.24, 2.45) is 0 Å². The molecular formula is C12H14F3NO. The highest BCUT2D eigenvalue weighted by molar-refractivity contribution is 5.26. The van der Waals surface area contributed by atoms with Crippen molar-refractivity contribution in [1.82, 2.24) is 5.32 Å². The smallest absolute Gasteiger partial charge is 0.357 e. The Bertz CT molecular complexity index is 397. The molecule has 0 bridgehead atoms. The molecule has 1 unspecified atom stereocenters. The molecule has 1 N–H and O–H groups in total. The number of hydrogen-bond acceptors (Lipinski definition) is 2. The van der Waals surface area contributed by atoms with E-state index in [2.05, 4.69) is 5.32 Å². The Balaban J connectivity index is 2.14. The van der Waals surface area contributed by atoms with Crippen molar-refractivity contribution < 1.29 is 17.9 Å². The molecule has 1 aliphatic heterocycles. The second-order valence-corrected chi connectivity index (χ2v) is 4.84. The van der Waals surface area contributed by atoms with Gasteiger partial charge in [-0.3, -0.25) is 5.32 Å². The number of rotatable bonds is 1. The second kappa shape index (κ2) is 3.99. The predicted molar refractivity (Wildman–Crippen MR) is 57.4 cm³/mol. The number of nitrogens with one attached hydrogen (secondary N) is 1. The number of alkyl halides is 3. The molecule has 1 aliphatic rings. The Morgan fingerprint density at radius 3 is 2.24 bits per heavy atom. The summed E-state index contributed by atoms with van der Waals surface area (Å²) >= 11 is 0. The van der Waals surface area contributed by atoms with Crippen LogP contribution in [-0.2, 0) is 10.9 Å². The summed E-state index contributed by atoms with van der Waals surface area (Å²) in [6, 6.07) is 5.04. The van der Waals surface area contributed by atoms with Gasteiger partial charge in [-0.15, -0.1) is 0 Å². The fourth-order valence-electron chi connectivity index (χ4n) is 1.76. The van der Waals surface area contributed by atoms with Crippen molar-refractivity contribution in [1.29, 1.82) is 0 Å². The highest BCUT2D eigenvalue weighted by Gasteiger charge is 2.33. The average molecular weight is 245 g/mol. The van der Waals surface area contributed by atoms with Gasteiger partial charge in [0.2, 0.25) is 0 Å². The van der Waals surface area contributed by atoms with Crippen LogP contribution in [0, 0.1) is 0 Å². The molecule has 0 amide bonds.